The molecule has 0 radical (unpaired) electrons. The van der Waals surface area contributed by atoms with Gasteiger partial charge in [-0.3, -0.25) is 4.55 Å². The smallest absolute Gasteiger partial charge is 0.265 e. The molecule has 0 saturated carbocycles. The zero-order valence-electron chi connectivity index (χ0n) is 8.10. The third-order valence-corrected chi connectivity index (χ3v) is 2.99. The number of aryl methyl sites for hydroxylation is 1. The van der Waals surface area contributed by atoms with E-state index in [1.54, 1.807) is 18.2 Å². The number of ether oxygens (including phenoxy) is 1. The zero-order valence-corrected chi connectivity index (χ0v) is 10.5. The van der Waals surface area contributed by atoms with Crippen molar-refractivity contribution in [1.82, 2.24) is 0 Å². The van der Waals surface area contributed by atoms with Gasteiger partial charge >= 0.3 is 0 Å². The van der Waals surface area contributed by atoms with E-state index in [2.05, 4.69) is 15.9 Å². The van der Waals surface area contributed by atoms with Crippen molar-refractivity contribution in [1.29, 1.82) is 0 Å². The summed E-state index contributed by atoms with van der Waals surface area (Å²) < 4.78 is 35.6. The molecule has 0 amide bonds. The predicted molar refractivity (Wildman–Crippen MR) is 60.8 cm³/mol. The van der Waals surface area contributed by atoms with Crippen LogP contribution in [0.4, 0.5) is 0 Å². The van der Waals surface area contributed by atoms with Crippen LogP contribution in [0.25, 0.3) is 0 Å². The Morgan fingerprint density at radius 1 is 1.40 bits per heavy atom. The van der Waals surface area contributed by atoms with Gasteiger partial charge in [-0.05, 0) is 30.2 Å². The average Bonchev–Trinajstić information content (AvgIpc) is 2.13. The van der Waals surface area contributed by atoms with E-state index >= 15 is 0 Å². The van der Waals surface area contributed by atoms with Crippen molar-refractivity contribution in [3.05, 3.63) is 28.2 Å². The summed E-state index contributed by atoms with van der Waals surface area (Å²) in [6, 6.07) is 5.29. The molecule has 1 aromatic rings. The van der Waals surface area contributed by atoms with Gasteiger partial charge in [-0.1, -0.05) is 15.9 Å². The normalized spacial score (nSPS) is 11.4. The van der Waals surface area contributed by atoms with Gasteiger partial charge in [0.15, 0.2) is 0 Å². The summed E-state index contributed by atoms with van der Waals surface area (Å²) in [5.41, 5.74) is 0.791. The van der Waals surface area contributed by atoms with Crippen LogP contribution in [0, 0.1) is 0 Å². The maximum absolute atomic E-state index is 10.6. The Hall–Kier alpha value is -0.590. The lowest BCUT2D eigenvalue weighted by Crippen LogP contribution is -2.06. The van der Waals surface area contributed by atoms with Gasteiger partial charge in [-0.25, -0.2) is 0 Å². The second kappa shape index (κ2) is 4.96. The molecule has 0 bridgehead atoms. The van der Waals surface area contributed by atoms with E-state index in [4.69, 9.17) is 9.29 Å². The molecule has 1 rings (SSSR count). The van der Waals surface area contributed by atoms with Crippen LogP contribution in [0.5, 0.6) is 5.75 Å². The van der Waals surface area contributed by atoms with Crippen molar-refractivity contribution in [3.63, 3.8) is 0 Å². The lowest BCUT2D eigenvalue weighted by atomic mass is 10.2. The fourth-order valence-electron chi connectivity index (χ4n) is 1.13. The molecule has 0 atom stereocenters. The quantitative estimate of drug-likeness (QED) is 0.862. The zero-order chi connectivity index (χ0) is 11.5. The minimum Gasteiger partial charge on any atom is -0.497 e. The molecule has 1 N–H and O–H groups in total. The van der Waals surface area contributed by atoms with Crippen LogP contribution in [0.1, 0.15) is 5.56 Å². The Balaban J connectivity index is 2.81. The second-order valence-electron chi connectivity index (χ2n) is 3.04. The predicted octanol–water partition coefficient (Wildman–Crippen LogP) is 1.89. The molecule has 1 aromatic carbocycles. The Labute approximate surface area is 97.1 Å². The summed E-state index contributed by atoms with van der Waals surface area (Å²) >= 11 is 3.28. The van der Waals surface area contributed by atoms with Crippen LogP contribution in [0.2, 0.25) is 0 Å². The Bertz CT molecular complexity index is 441. The third-order valence-electron chi connectivity index (χ3n) is 1.82. The Kier molecular flexibility index (Phi) is 4.12. The van der Waals surface area contributed by atoms with E-state index in [9.17, 15) is 8.42 Å². The van der Waals surface area contributed by atoms with Crippen LogP contribution in [-0.4, -0.2) is 25.8 Å². The lowest BCUT2D eigenvalue weighted by Gasteiger charge is -2.05. The molecule has 0 spiro atoms. The van der Waals surface area contributed by atoms with Gasteiger partial charge in [0, 0.05) is 4.47 Å². The molecule has 0 aromatic heterocycles. The molecule has 0 heterocycles. The van der Waals surface area contributed by atoms with E-state index < -0.39 is 10.1 Å². The SMILES string of the molecule is COc1cc(Br)cc(CCS(=O)(=O)O)c1. The highest BCUT2D eigenvalue weighted by atomic mass is 79.9. The minimum absolute atomic E-state index is 0.259. The average molecular weight is 295 g/mol. The molecule has 0 fully saturated rings. The standard InChI is InChI=1S/C9H11BrO4S/c1-14-9-5-7(4-8(10)6-9)2-3-15(11,12)13/h4-6H,2-3H2,1H3,(H,11,12,13). The van der Waals surface area contributed by atoms with Crippen molar-refractivity contribution >= 4 is 26.0 Å². The van der Waals surface area contributed by atoms with Crippen LogP contribution in [0.15, 0.2) is 22.7 Å². The van der Waals surface area contributed by atoms with Gasteiger partial charge in [-0.15, -0.1) is 0 Å². The van der Waals surface area contributed by atoms with Gasteiger partial charge in [0.05, 0.1) is 12.9 Å². The molecular weight excluding hydrogens is 284 g/mol. The van der Waals surface area contributed by atoms with Gasteiger partial charge < -0.3 is 4.74 Å². The van der Waals surface area contributed by atoms with Crippen LogP contribution >= 0.6 is 15.9 Å². The lowest BCUT2D eigenvalue weighted by molar-refractivity contribution is 0.414. The molecule has 0 aliphatic rings. The first kappa shape index (κ1) is 12.5. The van der Waals surface area contributed by atoms with Crippen LogP contribution in [-0.2, 0) is 16.5 Å². The van der Waals surface area contributed by atoms with E-state index in [0.29, 0.717) is 5.75 Å². The maximum atomic E-state index is 10.6. The van der Waals surface area contributed by atoms with Crippen molar-refractivity contribution < 1.29 is 17.7 Å². The number of halogens is 1. The van der Waals surface area contributed by atoms with Gasteiger partial charge in [0.25, 0.3) is 10.1 Å². The monoisotopic (exact) mass is 294 g/mol. The van der Waals surface area contributed by atoms with E-state index in [0.717, 1.165) is 10.0 Å². The highest BCUT2D eigenvalue weighted by Gasteiger charge is 2.06. The molecule has 0 aliphatic carbocycles. The fourth-order valence-corrected chi connectivity index (χ4v) is 2.14. The van der Waals surface area contributed by atoms with Gasteiger partial charge in [0.2, 0.25) is 0 Å². The first-order valence-electron chi connectivity index (χ1n) is 4.19. The van der Waals surface area contributed by atoms with Crippen molar-refractivity contribution in [2.45, 2.75) is 6.42 Å². The summed E-state index contributed by atoms with van der Waals surface area (Å²) in [7, 11) is -2.37. The van der Waals surface area contributed by atoms with Gasteiger partial charge in [-0.2, -0.15) is 8.42 Å². The third kappa shape index (κ3) is 4.63. The first-order valence-corrected chi connectivity index (χ1v) is 6.59. The molecule has 84 valence electrons. The Morgan fingerprint density at radius 3 is 2.60 bits per heavy atom. The number of rotatable bonds is 4. The largest absolute Gasteiger partial charge is 0.497 e. The first-order chi connectivity index (χ1) is 6.90. The number of hydrogen-bond donors (Lipinski definition) is 1. The number of hydrogen-bond acceptors (Lipinski definition) is 3. The summed E-state index contributed by atoms with van der Waals surface area (Å²) in [5, 5.41) is 0. The van der Waals surface area contributed by atoms with Crippen molar-refractivity contribution in [3.8, 4) is 5.75 Å². The molecule has 0 saturated heterocycles. The van der Waals surface area contributed by atoms with Crippen LogP contribution < -0.4 is 4.74 Å². The summed E-state index contributed by atoms with van der Waals surface area (Å²) in [5.74, 6) is 0.363. The molecular formula is C9H11BrO4S. The van der Waals surface area contributed by atoms with Crippen molar-refractivity contribution in [2.75, 3.05) is 12.9 Å². The molecule has 0 aliphatic heterocycles. The maximum Gasteiger partial charge on any atom is 0.265 e. The molecule has 0 unspecified atom stereocenters. The highest BCUT2D eigenvalue weighted by molar-refractivity contribution is 9.10. The Morgan fingerprint density at radius 2 is 2.07 bits per heavy atom. The minimum atomic E-state index is -3.91. The molecule has 4 nitrogen and oxygen atoms in total. The number of methoxy groups -OCH3 is 1. The molecule has 15 heavy (non-hydrogen) atoms. The van der Waals surface area contributed by atoms with Crippen LogP contribution in [0.3, 0.4) is 0 Å². The highest BCUT2D eigenvalue weighted by Crippen LogP contribution is 2.21. The van der Waals surface area contributed by atoms with E-state index in [1.807, 2.05) is 0 Å². The topological polar surface area (TPSA) is 63.6 Å². The summed E-state index contributed by atoms with van der Waals surface area (Å²) in [6.45, 7) is 0. The summed E-state index contributed by atoms with van der Waals surface area (Å²) in [4.78, 5) is 0. The van der Waals surface area contributed by atoms with E-state index in [-0.39, 0.29) is 12.2 Å². The summed E-state index contributed by atoms with van der Waals surface area (Å²) in [6.07, 6.45) is 0.259. The molecule has 6 heteroatoms. The van der Waals surface area contributed by atoms with Gasteiger partial charge in [0.1, 0.15) is 5.75 Å². The van der Waals surface area contributed by atoms with Crippen molar-refractivity contribution in [2.24, 2.45) is 0 Å². The second-order valence-corrected chi connectivity index (χ2v) is 5.52. The van der Waals surface area contributed by atoms with E-state index in [1.165, 1.54) is 7.11 Å². The fraction of sp³-hybridized carbons (Fsp3) is 0.333. The number of benzene rings is 1.